The molecule has 6 nitrogen and oxygen atoms in total. The standard InChI is InChI=1S/C10H15N3O3/c1-3-16-8(2)7-12-10-6-9(13(14)15)4-5-11-10/h4-6,8H,3,7H2,1-2H3,(H,11,12). The SMILES string of the molecule is CCOC(C)CNc1cc([N+](=O)[O-])ccn1. The zero-order valence-electron chi connectivity index (χ0n) is 9.34. The first-order valence-corrected chi connectivity index (χ1v) is 5.09. The molecule has 0 aliphatic heterocycles. The Hall–Kier alpha value is -1.69. The van der Waals surface area contributed by atoms with Crippen molar-refractivity contribution in [1.29, 1.82) is 0 Å². The minimum absolute atomic E-state index is 0.0292. The van der Waals surface area contributed by atoms with E-state index in [1.54, 1.807) is 0 Å². The summed E-state index contributed by atoms with van der Waals surface area (Å²) in [6, 6.07) is 2.76. The third kappa shape index (κ3) is 3.82. The van der Waals surface area contributed by atoms with Crippen LogP contribution in [0.25, 0.3) is 0 Å². The van der Waals surface area contributed by atoms with Gasteiger partial charge in [-0.3, -0.25) is 10.1 Å². The van der Waals surface area contributed by atoms with E-state index in [0.717, 1.165) is 0 Å². The maximum Gasteiger partial charge on any atom is 0.274 e. The van der Waals surface area contributed by atoms with Gasteiger partial charge in [-0.05, 0) is 13.8 Å². The van der Waals surface area contributed by atoms with Crippen LogP contribution < -0.4 is 5.32 Å². The molecule has 16 heavy (non-hydrogen) atoms. The molecule has 0 saturated heterocycles. The average molecular weight is 225 g/mol. The lowest BCUT2D eigenvalue weighted by atomic mass is 10.3. The first-order valence-electron chi connectivity index (χ1n) is 5.09. The maximum absolute atomic E-state index is 10.5. The summed E-state index contributed by atoms with van der Waals surface area (Å²) in [7, 11) is 0. The molecule has 1 N–H and O–H groups in total. The lowest BCUT2D eigenvalue weighted by Gasteiger charge is -2.12. The van der Waals surface area contributed by atoms with Gasteiger partial charge in [-0.15, -0.1) is 0 Å². The number of ether oxygens (including phenoxy) is 1. The lowest BCUT2D eigenvalue weighted by molar-refractivity contribution is -0.384. The zero-order valence-corrected chi connectivity index (χ0v) is 9.34. The molecule has 1 rings (SSSR count). The molecule has 0 bridgehead atoms. The minimum Gasteiger partial charge on any atom is -0.377 e. The van der Waals surface area contributed by atoms with Crippen molar-refractivity contribution in [3.05, 3.63) is 28.4 Å². The van der Waals surface area contributed by atoms with Crippen molar-refractivity contribution >= 4 is 11.5 Å². The molecule has 0 aliphatic carbocycles. The molecule has 0 fully saturated rings. The summed E-state index contributed by atoms with van der Waals surface area (Å²) >= 11 is 0. The first-order chi connectivity index (χ1) is 7.63. The van der Waals surface area contributed by atoms with Crippen LogP contribution in [0.4, 0.5) is 11.5 Å². The molecule has 1 heterocycles. The predicted octanol–water partition coefficient (Wildman–Crippen LogP) is 1.83. The van der Waals surface area contributed by atoms with E-state index in [-0.39, 0.29) is 11.8 Å². The summed E-state index contributed by atoms with van der Waals surface area (Å²) < 4.78 is 5.32. The molecule has 6 heteroatoms. The Morgan fingerprint density at radius 3 is 3.06 bits per heavy atom. The van der Waals surface area contributed by atoms with Crippen molar-refractivity contribution in [2.24, 2.45) is 0 Å². The summed E-state index contributed by atoms with van der Waals surface area (Å²) in [6.45, 7) is 5.06. The second-order valence-corrected chi connectivity index (χ2v) is 3.30. The minimum atomic E-state index is -0.446. The normalized spacial score (nSPS) is 12.1. The van der Waals surface area contributed by atoms with Gasteiger partial charge in [0.25, 0.3) is 5.69 Å². The number of nitrogens with zero attached hydrogens (tertiary/aromatic N) is 2. The Balaban J connectivity index is 2.54. The third-order valence-electron chi connectivity index (χ3n) is 1.98. The van der Waals surface area contributed by atoms with Crippen LogP contribution >= 0.6 is 0 Å². The van der Waals surface area contributed by atoms with Crippen molar-refractivity contribution in [2.75, 3.05) is 18.5 Å². The fraction of sp³-hybridized carbons (Fsp3) is 0.500. The Labute approximate surface area is 93.8 Å². The third-order valence-corrected chi connectivity index (χ3v) is 1.98. The average Bonchev–Trinajstić information content (AvgIpc) is 2.27. The van der Waals surface area contributed by atoms with Crippen LogP contribution in [-0.4, -0.2) is 29.2 Å². The number of hydrogen-bond donors (Lipinski definition) is 1. The van der Waals surface area contributed by atoms with E-state index in [4.69, 9.17) is 4.74 Å². The van der Waals surface area contributed by atoms with Crippen LogP contribution in [0.1, 0.15) is 13.8 Å². The van der Waals surface area contributed by atoms with E-state index in [2.05, 4.69) is 10.3 Å². The van der Waals surface area contributed by atoms with Gasteiger partial charge in [-0.2, -0.15) is 0 Å². The summed E-state index contributed by atoms with van der Waals surface area (Å²) in [6.07, 6.45) is 1.46. The summed E-state index contributed by atoms with van der Waals surface area (Å²) in [4.78, 5) is 14.1. The van der Waals surface area contributed by atoms with Crippen LogP contribution in [0.3, 0.4) is 0 Å². The quantitative estimate of drug-likeness (QED) is 0.590. The highest BCUT2D eigenvalue weighted by Gasteiger charge is 2.07. The molecular weight excluding hydrogens is 210 g/mol. The number of aromatic nitrogens is 1. The molecule has 1 unspecified atom stereocenters. The number of hydrogen-bond acceptors (Lipinski definition) is 5. The highest BCUT2D eigenvalue weighted by Crippen LogP contribution is 2.13. The van der Waals surface area contributed by atoms with Gasteiger partial charge in [0.1, 0.15) is 5.82 Å². The van der Waals surface area contributed by atoms with Gasteiger partial charge in [-0.25, -0.2) is 4.98 Å². The van der Waals surface area contributed by atoms with Crippen molar-refractivity contribution < 1.29 is 9.66 Å². The van der Waals surface area contributed by atoms with Gasteiger partial charge in [0.15, 0.2) is 0 Å². The summed E-state index contributed by atoms with van der Waals surface area (Å²) in [5.74, 6) is 0.487. The van der Waals surface area contributed by atoms with Crippen LogP contribution in [0, 0.1) is 10.1 Å². The van der Waals surface area contributed by atoms with Crippen LogP contribution in [-0.2, 0) is 4.74 Å². The van der Waals surface area contributed by atoms with Gasteiger partial charge in [0, 0.05) is 25.4 Å². The lowest BCUT2D eigenvalue weighted by Crippen LogP contribution is -2.20. The van der Waals surface area contributed by atoms with Crippen LogP contribution in [0.5, 0.6) is 0 Å². The van der Waals surface area contributed by atoms with Crippen LogP contribution in [0.2, 0.25) is 0 Å². The van der Waals surface area contributed by atoms with E-state index in [0.29, 0.717) is 19.0 Å². The van der Waals surface area contributed by atoms with Gasteiger partial charge < -0.3 is 10.1 Å². The molecule has 1 atom stereocenters. The predicted molar refractivity (Wildman–Crippen MR) is 60.5 cm³/mol. The van der Waals surface area contributed by atoms with Crippen molar-refractivity contribution in [3.8, 4) is 0 Å². The Morgan fingerprint density at radius 2 is 2.44 bits per heavy atom. The molecule has 0 spiro atoms. The number of pyridine rings is 1. The topological polar surface area (TPSA) is 77.3 Å². The van der Waals surface area contributed by atoms with E-state index in [1.807, 2.05) is 13.8 Å². The highest BCUT2D eigenvalue weighted by molar-refractivity contribution is 5.44. The van der Waals surface area contributed by atoms with Gasteiger partial charge in [0.05, 0.1) is 17.1 Å². The molecule has 0 aromatic carbocycles. The largest absolute Gasteiger partial charge is 0.377 e. The van der Waals surface area contributed by atoms with Gasteiger partial charge >= 0.3 is 0 Å². The van der Waals surface area contributed by atoms with Crippen LogP contribution in [0.15, 0.2) is 18.3 Å². The fourth-order valence-corrected chi connectivity index (χ4v) is 1.22. The molecule has 1 aromatic rings. The van der Waals surface area contributed by atoms with E-state index < -0.39 is 4.92 Å². The number of anilines is 1. The number of nitrogens with one attached hydrogen (secondary N) is 1. The van der Waals surface area contributed by atoms with E-state index in [1.165, 1.54) is 18.3 Å². The molecule has 0 radical (unpaired) electrons. The second kappa shape index (κ2) is 6.02. The molecular formula is C10H15N3O3. The zero-order chi connectivity index (χ0) is 12.0. The molecule has 0 amide bonds. The van der Waals surface area contributed by atoms with Crippen molar-refractivity contribution in [1.82, 2.24) is 4.98 Å². The highest BCUT2D eigenvalue weighted by atomic mass is 16.6. The Kier molecular flexibility index (Phi) is 4.65. The fourth-order valence-electron chi connectivity index (χ4n) is 1.22. The smallest absolute Gasteiger partial charge is 0.274 e. The maximum atomic E-state index is 10.5. The first kappa shape index (κ1) is 12.4. The molecule has 0 aliphatic rings. The van der Waals surface area contributed by atoms with E-state index in [9.17, 15) is 10.1 Å². The van der Waals surface area contributed by atoms with Crippen molar-refractivity contribution in [2.45, 2.75) is 20.0 Å². The second-order valence-electron chi connectivity index (χ2n) is 3.30. The number of rotatable bonds is 6. The monoisotopic (exact) mass is 225 g/mol. The Morgan fingerprint density at radius 1 is 1.69 bits per heavy atom. The Bertz CT molecular complexity index is 357. The van der Waals surface area contributed by atoms with Gasteiger partial charge in [0.2, 0.25) is 0 Å². The molecule has 88 valence electrons. The summed E-state index contributed by atoms with van der Waals surface area (Å²) in [5, 5.41) is 13.5. The van der Waals surface area contributed by atoms with Gasteiger partial charge in [-0.1, -0.05) is 0 Å². The van der Waals surface area contributed by atoms with E-state index >= 15 is 0 Å². The molecule has 1 aromatic heterocycles. The number of nitro groups is 1. The van der Waals surface area contributed by atoms with Crippen molar-refractivity contribution in [3.63, 3.8) is 0 Å². The summed E-state index contributed by atoms with van der Waals surface area (Å²) in [5.41, 5.74) is 0.0292. The molecule has 0 saturated carbocycles.